The van der Waals surface area contributed by atoms with Crippen LogP contribution >= 0.6 is 0 Å². The van der Waals surface area contributed by atoms with E-state index >= 15 is 0 Å². The van der Waals surface area contributed by atoms with E-state index in [1.807, 2.05) is 0 Å². The zero-order valence-corrected chi connectivity index (χ0v) is 21.1. The molecule has 0 aliphatic heterocycles. The van der Waals surface area contributed by atoms with E-state index in [9.17, 15) is 49.4 Å². The molecule has 0 radical (unpaired) electrons. The summed E-state index contributed by atoms with van der Waals surface area (Å²) in [7, 11) is 0. The van der Waals surface area contributed by atoms with Crippen molar-refractivity contribution in [2.45, 2.75) is 55.9 Å². The van der Waals surface area contributed by atoms with Crippen molar-refractivity contribution in [2.24, 2.45) is 5.92 Å². The predicted molar refractivity (Wildman–Crippen MR) is 124 cm³/mol. The minimum atomic E-state index is -5.37. The first-order valence-corrected chi connectivity index (χ1v) is 11.8. The second-order valence-electron chi connectivity index (χ2n) is 10.1. The van der Waals surface area contributed by atoms with Gasteiger partial charge >= 0.3 is 24.5 Å². The van der Waals surface area contributed by atoms with Crippen molar-refractivity contribution < 1.29 is 59.3 Å². The van der Waals surface area contributed by atoms with Crippen LogP contribution in [0, 0.1) is 12.8 Å². The molecule has 9 nitrogen and oxygen atoms in total. The molecule has 0 saturated heterocycles. The smallest absolute Gasteiger partial charge is 0.475 e. The van der Waals surface area contributed by atoms with E-state index in [0.717, 1.165) is 22.7 Å². The predicted octanol–water partition coefficient (Wildman–Crippen LogP) is 4.36. The Morgan fingerprint density at radius 3 is 2.10 bits per heavy atom. The van der Waals surface area contributed by atoms with Gasteiger partial charge in [0.05, 0.1) is 11.9 Å². The Hall–Kier alpha value is -4.09. The number of aryl methyl sites for hydroxylation is 1. The molecule has 2 aromatic heterocycles. The highest BCUT2D eigenvalue weighted by atomic mass is 19.4. The van der Waals surface area contributed by atoms with Crippen molar-refractivity contribution in [2.75, 3.05) is 5.73 Å². The van der Waals surface area contributed by atoms with Crippen molar-refractivity contribution >= 4 is 23.3 Å². The van der Waals surface area contributed by atoms with Crippen LogP contribution in [0.1, 0.15) is 36.1 Å². The van der Waals surface area contributed by atoms with Crippen LogP contribution in [0.4, 0.5) is 45.3 Å². The molecular formula is C24H20F9N5O4. The number of anilines is 1. The summed E-state index contributed by atoms with van der Waals surface area (Å²) in [6.07, 6.45) is -11.8. The molecule has 5 N–H and O–H groups in total. The van der Waals surface area contributed by atoms with Gasteiger partial charge < -0.3 is 21.3 Å². The number of imidazole rings is 1. The number of carboxylic acids is 1. The van der Waals surface area contributed by atoms with Crippen LogP contribution in [0.15, 0.2) is 30.6 Å². The number of fused-ring (bicyclic) bond motifs is 1. The third-order valence-electron chi connectivity index (χ3n) is 7.14. The number of alkyl halides is 9. The van der Waals surface area contributed by atoms with Gasteiger partial charge in [0, 0.05) is 22.9 Å². The fraction of sp³-hybridized carbons (Fsp3) is 0.417. The van der Waals surface area contributed by atoms with Crippen molar-refractivity contribution in [1.82, 2.24) is 19.7 Å². The molecule has 3 aliphatic carbocycles. The van der Waals surface area contributed by atoms with E-state index in [1.165, 1.54) is 13.0 Å². The molecule has 3 aromatic rings. The lowest BCUT2D eigenvalue weighted by Crippen LogP contribution is -2.71. The van der Waals surface area contributed by atoms with Crippen molar-refractivity contribution in [1.29, 1.82) is 0 Å². The Kier molecular flexibility index (Phi) is 7.16. The average molecular weight is 613 g/mol. The molecule has 228 valence electrons. The van der Waals surface area contributed by atoms with Gasteiger partial charge in [-0.3, -0.25) is 9.20 Å². The van der Waals surface area contributed by atoms with E-state index in [1.54, 1.807) is 0 Å². The van der Waals surface area contributed by atoms with Gasteiger partial charge in [-0.1, -0.05) is 12.1 Å². The Morgan fingerprint density at radius 2 is 1.64 bits per heavy atom. The zero-order valence-electron chi connectivity index (χ0n) is 21.1. The number of carbonyl (C=O) groups excluding carboxylic acids is 1. The zero-order chi connectivity index (χ0) is 31.6. The number of rotatable bonds is 4. The van der Waals surface area contributed by atoms with Gasteiger partial charge in [0.1, 0.15) is 0 Å². The molecule has 2 bridgehead atoms. The number of amides is 1. The number of hydrogen-bond acceptors (Lipinski definition) is 6. The standard InChI is InChI=1S/C22H19F6N5O2.C2HF3O2/c1-10-2-3-12(20(35,22(26,27)28)18(34)32-19-5-11(6-19)7-19)4-13(10)14-8-30-17-16(29)31-15(9-33(14)17)21(23,24)25;3-2(4,5)1(6)7/h2-4,8-9,11,35H,5-7H2,1H3,(H2,29,31)(H,32,34);(H,6,7). The molecule has 1 aromatic carbocycles. The number of nitrogens with one attached hydrogen (secondary N) is 1. The number of carboxylic acid groups (broad SMARTS) is 1. The van der Waals surface area contributed by atoms with Gasteiger partial charge in [-0.2, -0.15) is 39.5 Å². The molecule has 2 heterocycles. The second kappa shape index (κ2) is 9.74. The van der Waals surface area contributed by atoms with E-state index < -0.39 is 58.6 Å². The lowest BCUT2D eigenvalue weighted by atomic mass is 9.50. The van der Waals surface area contributed by atoms with Gasteiger partial charge in [-0.05, 0) is 43.7 Å². The van der Waals surface area contributed by atoms with E-state index in [4.69, 9.17) is 15.6 Å². The third kappa shape index (κ3) is 5.30. The van der Waals surface area contributed by atoms with Gasteiger partial charge in [-0.15, -0.1) is 0 Å². The van der Waals surface area contributed by atoms with E-state index in [-0.39, 0.29) is 16.9 Å². The Bertz CT molecular complexity index is 1550. The number of halogens is 9. The topological polar surface area (TPSA) is 143 Å². The average Bonchev–Trinajstić information content (AvgIpc) is 3.23. The Labute approximate surface area is 229 Å². The van der Waals surface area contributed by atoms with Crippen LogP contribution in [-0.4, -0.2) is 54.3 Å². The Morgan fingerprint density at radius 1 is 1.07 bits per heavy atom. The fourth-order valence-corrected chi connectivity index (χ4v) is 4.86. The maximum absolute atomic E-state index is 14.1. The van der Waals surface area contributed by atoms with E-state index in [0.29, 0.717) is 36.9 Å². The molecule has 3 aliphatic rings. The largest absolute Gasteiger partial charge is 0.490 e. The molecule has 1 amide bonds. The van der Waals surface area contributed by atoms with Gasteiger partial charge in [0.25, 0.3) is 11.5 Å². The van der Waals surface area contributed by atoms with Crippen LogP contribution in [0.2, 0.25) is 0 Å². The summed E-state index contributed by atoms with van der Waals surface area (Å²) < 4.78 is 115. The third-order valence-corrected chi connectivity index (χ3v) is 7.14. The van der Waals surface area contributed by atoms with Crippen LogP contribution in [-0.2, 0) is 21.4 Å². The van der Waals surface area contributed by atoms with Crippen LogP contribution in [0.25, 0.3) is 16.9 Å². The molecule has 42 heavy (non-hydrogen) atoms. The van der Waals surface area contributed by atoms with Crippen LogP contribution in [0.5, 0.6) is 0 Å². The molecule has 3 saturated carbocycles. The first-order valence-electron chi connectivity index (χ1n) is 11.8. The summed E-state index contributed by atoms with van der Waals surface area (Å²) >= 11 is 0. The van der Waals surface area contributed by atoms with Crippen molar-refractivity contribution in [3.05, 3.63) is 47.4 Å². The monoisotopic (exact) mass is 613 g/mol. The lowest BCUT2D eigenvalue weighted by Gasteiger charge is -2.62. The molecule has 6 rings (SSSR count). The van der Waals surface area contributed by atoms with Crippen LogP contribution in [0.3, 0.4) is 0 Å². The van der Waals surface area contributed by atoms with E-state index in [2.05, 4.69) is 15.3 Å². The second-order valence-corrected chi connectivity index (χ2v) is 10.1. The lowest BCUT2D eigenvalue weighted by molar-refractivity contribution is -0.259. The summed E-state index contributed by atoms with van der Waals surface area (Å²) in [4.78, 5) is 28.9. The number of nitrogen functional groups attached to an aromatic ring is 1. The summed E-state index contributed by atoms with van der Waals surface area (Å²) in [5.74, 6) is -4.50. The van der Waals surface area contributed by atoms with Gasteiger partial charge in [-0.25, -0.2) is 14.8 Å². The number of carbonyl (C=O) groups is 2. The maximum atomic E-state index is 14.1. The summed E-state index contributed by atoms with van der Waals surface area (Å²) in [6.45, 7) is 1.52. The Balaban J connectivity index is 0.000000517. The number of nitrogens with two attached hydrogens (primary N) is 1. The number of benzene rings is 1. The highest BCUT2D eigenvalue weighted by molar-refractivity contribution is 5.89. The van der Waals surface area contributed by atoms with Gasteiger partial charge in [0.15, 0.2) is 17.2 Å². The number of aliphatic carboxylic acids is 1. The summed E-state index contributed by atoms with van der Waals surface area (Å²) in [6, 6.07) is 3.14. The molecule has 0 spiro atoms. The summed E-state index contributed by atoms with van der Waals surface area (Å²) in [5.41, 5.74) is -0.841. The van der Waals surface area contributed by atoms with Crippen molar-refractivity contribution in [3.8, 4) is 11.3 Å². The molecular weight excluding hydrogens is 593 g/mol. The maximum Gasteiger partial charge on any atom is 0.490 e. The highest BCUT2D eigenvalue weighted by Crippen LogP contribution is 2.57. The minimum absolute atomic E-state index is 0.0229. The quantitative estimate of drug-likeness (QED) is 0.321. The molecule has 1 atom stereocenters. The normalized spacial score (nSPS) is 21.4. The number of aliphatic hydroxyl groups is 1. The fourth-order valence-electron chi connectivity index (χ4n) is 4.86. The van der Waals surface area contributed by atoms with Crippen LogP contribution < -0.4 is 11.1 Å². The number of nitrogens with zero attached hydrogens (tertiary/aromatic N) is 3. The van der Waals surface area contributed by atoms with Crippen molar-refractivity contribution in [3.63, 3.8) is 0 Å². The minimum Gasteiger partial charge on any atom is -0.475 e. The molecule has 3 fully saturated rings. The first kappa shape index (κ1) is 30.9. The molecule has 1 unspecified atom stereocenters. The summed E-state index contributed by atoms with van der Waals surface area (Å²) in [5, 5.41) is 20.3. The SMILES string of the molecule is Cc1ccc(C(O)(C(=O)NC23CC(C2)C3)C(F)(F)F)cc1-c1cnc2c(N)nc(C(F)(F)F)cn12.O=C(O)C(F)(F)F. The number of hydrogen-bond donors (Lipinski definition) is 4. The molecule has 18 heteroatoms. The highest BCUT2D eigenvalue weighted by Gasteiger charge is 2.65. The first-order chi connectivity index (χ1) is 19.1. The van der Waals surface area contributed by atoms with Gasteiger partial charge in [0.2, 0.25) is 0 Å². The number of aromatic nitrogens is 3.